The molecule has 0 aromatic heterocycles. The fourth-order valence-electron chi connectivity index (χ4n) is 1.07. The van der Waals surface area contributed by atoms with Gasteiger partial charge in [0, 0.05) is 16.8 Å². The van der Waals surface area contributed by atoms with Crippen LogP contribution in [0.4, 0.5) is 0 Å². The number of carbonyl (C=O) groups excluding carboxylic acids is 1. The number of benzene rings is 1. The second-order valence-electron chi connectivity index (χ2n) is 2.60. The Morgan fingerprint density at radius 3 is 2.92 bits per heavy atom. The number of rotatable bonds is 1. The minimum absolute atomic E-state index is 0.473. The van der Waals surface area contributed by atoms with E-state index >= 15 is 0 Å². The third-order valence-corrected chi connectivity index (χ3v) is 2.59. The van der Waals surface area contributed by atoms with Gasteiger partial charge in [0.1, 0.15) is 5.71 Å². The summed E-state index contributed by atoms with van der Waals surface area (Å²) in [6.07, 6.45) is 4.39. The van der Waals surface area contributed by atoms with Gasteiger partial charge in [-0.3, -0.25) is 4.79 Å². The SMILES string of the molecule is O=CC1=NSc2ccccc2C=C1. The zero-order chi connectivity index (χ0) is 9.10. The fourth-order valence-corrected chi connectivity index (χ4v) is 1.76. The third-order valence-electron chi connectivity index (χ3n) is 1.72. The Kier molecular flexibility index (Phi) is 2.27. The number of fused-ring (bicyclic) bond motifs is 1. The number of hydrogen-bond donors (Lipinski definition) is 0. The average Bonchev–Trinajstić information content (AvgIpc) is 2.39. The molecular weight excluding hydrogens is 182 g/mol. The first-order valence-electron chi connectivity index (χ1n) is 3.87. The maximum atomic E-state index is 10.5. The summed E-state index contributed by atoms with van der Waals surface area (Å²) in [6, 6.07) is 7.92. The van der Waals surface area contributed by atoms with Crippen LogP contribution in [0.3, 0.4) is 0 Å². The molecule has 0 unspecified atom stereocenters. The zero-order valence-electron chi connectivity index (χ0n) is 6.81. The van der Waals surface area contributed by atoms with Crippen LogP contribution in [0.5, 0.6) is 0 Å². The molecule has 64 valence electrons. The summed E-state index contributed by atoms with van der Waals surface area (Å²) in [4.78, 5) is 11.5. The van der Waals surface area contributed by atoms with Crippen molar-refractivity contribution in [3.63, 3.8) is 0 Å². The summed E-state index contributed by atoms with van der Waals surface area (Å²) in [6.45, 7) is 0. The molecule has 0 aliphatic carbocycles. The van der Waals surface area contributed by atoms with Crippen LogP contribution in [0.2, 0.25) is 0 Å². The molecular formula is C10H7NOS. The molecule has 1 aromatic rings. The third kappa shape index (κ3) is 1.70. The van der Waals surface area contributed by atoms with Gasteiger partial charge in [0.15, 0.2) is 6.29 Å². The molecule has 1 aliphatic rings. The van der Waals surface area contributed by atoms with Crippen LogP contribution < -0.4 is 0 Å². The van der Waals surface area contributed by atoms with Crippen molar-refractivity contribution in [2.45, 2.75) is 4.90 Å². The van der Waals surface area contributed by atoms with Crippen LogP contribution in [0, 0.1) is 0 Å². The van der Waals surface area contributed by atoms with Crippen molar-refractivity contribution in [2.75, 3.05) is 0 Å². The lowest BCUT2D eigenvalue weighted by atomic mass is 10.2. The van der Waals surface area contributed by atoms with Gasteiger partial charge < -0.3 is 0 Å². The quantitative estimate of drug-likeness (QED) is 0.501. The van der Waals surface area contributed by atoms with E-state index in [0.29, 0.717) is 5.71 Å². The van der Waals surface area contributed by atoms with Crippen LogP contribution in [0.15, 0.2) is 39.6 Å². The normalized spacial score (nSPS) is 14.3. The fraction of sp³-hybridized carbons (Fsp3) is 0. The van der Waals surface area contributed by atoms with Crippen LogP contribution in [-0.2, 0) is 4.79 Å². The highest BCUT2D eigenvalue weighted by Gasteiger charge is 2.03. The Hall–Kier alpha value is -1.35. The van der Waals surface area contributed by atoms with Crippen molar-refractivity contribution in [1.29, 1.82) is 0 Å². The molecule has 0 saturated carbocycles. The summed E-state index contributed by atoms with van der Waals surface area (Å²) in [5.41, 5.74) is 1.58. The molecule has 0 amide bonds. The highest BCUT2D eigenvalue weighted by Crippen LogP contribution is 2.26. The van der Waals surface area contributed by atoms with E-state index in [0.717, 1.165) is 16.7 Å². The Labute approximate surface area is 80.5 Å². The Balaban J connectivity index is 2.44. The van der Waals surface area contributed by atoms with Gasteiger partial charge >= 0.3 is 0 Å². The molecule has 2 nitrogen and oxygen atoms in total. The summed E-state index contributed by atoms with van der Waals surface area (Å²) in [5.74, 6) is 0. The van der Waals surface area contributed by atoms with Crippen molar-refractivity contribution in [2.24, 2.45) is 4.40 Å². The molecule has 0 radical (unpaired) electrons. The molecule has 0 bridgehead atoms. The molecule has 1 aliphatic heterocycles. The lowest BCUT2D eigenvalue weighted by molar-refractivity contribution is -0.102. The molecule has 0 atom stereocenters. The Morgan fingerprint density at radius 1 is 1.23 bits per heavy atom. The van der Waals surface area contributed by atoms with E-state index in [-0.39, 0.29) is 0 Å². The monoisotopic (exact) mass is 189 g/mol. The second kappa shape index (κ2) is 3.58. The van der Waals surface area contributed by atoms with Gasteiger partial charge in [0.05, 0.1) is 0 Å². The first-order valence-corrected chi connectivity index (χ1v) is 4.65. The first kappa shape index (κ1) is 8.26. The predicted octanol–water partition coefficient (Wildman–Crippen LogP) is 2.36. The van der Waals surface area contributed by atoms with E-state index in [2.05, 4.69) is 4.40 Å². The average molecular weight is 189 g/mol. The number of hydrogen-bond acceptors (Lipinski definition) is 3. The number of carbonyl (C=O) groups is 1. The van der Waals surface area contributed by atoms with Gasteiger partial charge in [-0.05, 0) is 17.7 Å². The lowest BCUT2D eigenvalue weighted by Gasteiger charge is -1.97. The van der Waals surface area contributed by atoms with E-state index in [1.807, 2.05) is 30.3 Å². The van der Waals surface area contributed by atoms with Gasteiger partial charge in [-0.1, -0.05) is 24.3 Å². The molecule has 1 heterocycles. The van der Waals surface area contributed by atoms with Crippen molar-refractivity contribution in [3.8, 4) is 0 Å². The summed E-state index contributed by atoms with van der Waals surface area (Å²) >= 11 is 1.34. The molecule has 1 aromatic carbocycles. The van der Waals surface area contributed by atoms with Crippen LogP contribution >= 0.6 is 11.9 Å². The molecule has 0 fully saturated rings. The lowest BCUT2D eigenvalue weighted by Crippen LogP contribution is -1.90. The van der Waals surface area contributed by atoms with E-state index in [1.54, 1.807) is 6.08 Å². The molecule has 3 heteroatoms. The molecule has 2 rings (SSSR count). The zero-order valence-corrected chi connectivity index (χ0v) is 7.62. The molecule has 0 saturated heterocycles. The minimum atomic E-state index is 0.473. The first-order chi connectivity index (χ1) is 6.40. The Bertz CT molecular complexity index is 396. The van der Waals surface area contributed by atoms with Gasteiger partial charge in [0.25, 0.3) is 0 Å². The smallest absolute Gasteiger partial charge is 0.169 e. The van der Waals surface area contributed by atoms with E-state index in [1.165, 1.54) is 11.9 Å². The number of nitrogens with zero attached hydrogens (tertiary/aromatic N) is 1. The van der Waals surface area contributed by atoms with Crippen molar-refractivity contribution in [1.82, 2.24) is 0 Å². The van der Waals surface area contributed by atoms with E-state index in [9.17, 15) is 4.79 Å². The molecule has 13 heavy (non-hydrogen) atoms. The highest BCUT2D eigenvalue weighted by atomic mass is 32.2. The highest BCUT2D eigenvalue weighted by molar-refractivity contribution is 7.98. The number of allylic oxidation sites excluding steroid dienone is 1. The predicted molar refractivity (Wildman–Crippen MR) is 54.8 cm³/mol. The van der Waals surface area contributed by atoms with Gasteiger partial charge in [-0.15, -0.1) is 0 Å². The summed E-state index contributed by atoms with van der Waals surface area (Å²) < 4.78 is 4.06. The minimum Gasteiger partial charge on any atom is -0.296 e. The van der Waals surface area contributed by atoms with Crippen LogP contribution in [0.25, 0.3) is 6.08 Å². The van der Waals surface area contributed by atoms with Gasteiger partial charge in [-0.2, -0.15) is 0 Å². The van der Waals surface area contributed by atoms with Crippen LogP contribution in [-0.4, -0.2) is 12.0 Å². The van der Waals surface area contributed by atoms with Crippen molar-refractivity contribution in [3.05, 3.63) is 35.9 Å². The standard InChI is InChI=1S/C10H7NOS/c12-7-9-6-5-8-3-1-2-4-10(8)13-11-9/h1-7H. The maximum absolute atomic E-state index is 10.5. The second-order valence-corrected chi connectivity index (χ2v) is 3.40. The van der Waals surface area contributed by atoms with E-state index < -0.39 is 0 Å². The summed E-state index contributed by atoms with van der Waals surface area (Å²) in [5, 5.41) is 0. The maximum Gasteiger partial charge on any atom is 0.169 e. The van der Waals surface area contributed by atoms with Gasteiger partial charge in [-0.25, -0.2) is 4.40 Å². The van der Waals surface area contributed by atoms with Crippen molar-refractivity contribution < 1.29 is 4.79 Å². The van der Waals surface area contributed by atoms with E-state index in [4.69, 9.17) is 0 Å². The topological polar surface area (TPSA) is 29.4 Å². The number of aldehydes is 1. The van der Waals surface area contributed by atoms with Gasteiger partial charge in [0.2, 0.25) is 0 Å². The molecule has 0 N–H and O–H groups in total. The van der Waals surface area contributed by atoms with Crippen molar-refractivity contribution >= 4 is 30.0 Å². The Morgan fingerprint density at radius 2 is 2.08 bits per heavy atom. The molecule has 0 spiro atoms. The van der Waals surface area contributed by atoms with Crippen LogP contribution in [0.1, 0.15) is 5.56 Å². The summed E-state index contributed by atoms with van der Waals surface area (Å²) in [7, 11) is 0. The largest absolute Gasteiger partial charge is 0.296 e.